The van der Waals surface area contributed by atoms with Gasteiger partial charge in [0.05, 0.1) is 6.10 Å². The molecule has 0 spiro atoms. The van der Waals surface area contributed by atoms with Gasteiger partial charge in [-0.15, -0.1) is 0 Å². The van der Waals surface area contributed by atoms with E-state index in [1.165, 1.54) is 0 Å². The monoisotopic (exact) mass is 182 g/mol. The average molecular weight is 182 g/mol. The number of alkyl halides is 1. The third kappa shape index (κ3) is 3.22. The molecule has 0 heterocycles. The second kappa shape index (κ2) is 5.15. The Morgan fingerprint density at radius 1 is 1.17 bits per heavy atom. The maximum absolute atomic E-state index is 11.9. The van der Waals surface area contributed by atoms with Crippen LogP contribution in [0.5, 0.6) is 0 Å². The molecule has 0 radical (unpaired) electrons. The van der Waals surface area contributed by atoms with Crippen LogP contribution in [0.25, 0.3) is 0 Å². The third-order valence-electron chi connectivity index (χ3n) is 1.36. The predicted octanol–water partition coefficient (Wildman–Crippen LogP) is -2.05. The lowest BCUT2D eigenvalue weighted by Crippen LogP contribution is -2.42. The number of carbonyl (C=O) groups excluding carboxylic acids is 1. The summed E-state index contributed by atoms with van der Waals surface area (Å²) in [7, 11) is 0. The Labute approximate surface area is 68.1 Å². The molecule has 12 heavy (non-hydrogen) atoms. The highest BCUT2D eigenvalue weighted by atomic mass is 19.1. The minimum absolute atomic E-state index is 0.311. The van der Waals surface area contributed by atoms with Crippen LogP contribution in [0.4, 0.5) is 4.39 Å². The first-order chi connectivity index (χ1) is 5.50. The summed E-state index contributed by atoms with van der Waals surface area (Å²) in [6.45, 7) is 0. The van der Waals surface area contributed by atoms with Crippen LogP contribution in [-0.4, -0.2) is 51.4 Å². The minimum atomic E-state index is -2.64. The zero-order valence-electron chi connectivity index (χ0n) is 6.17. The van der Waals surface area contributed by atoms with Crippen molar-refractivity contribution in [1.29, 1.82) is 0 Å². The van der Waals surface area contributed by atoms with Crippen molar-refractivity contribution in [3.63, 3.8) is 0 Å². The Morgan fingerprint density at radius 2 is 1.67 bits per heavy atom. The van der Waals surface area contributed by atoms with Gasteiger partial charge in [0.2, 0.25) is 6.36 Å². The summed E-state index contributed by atoms with van der Waals surface area (Å²) in [5, 5.41) is 34.4. The minimum Gasteiger partial charge on any atom is -0.390 e. The molecule has 6 heteroatoms. The number of aliphatic hydroxyl groups excluding tert-OH is 4. The van der Waals surface area contributed by atoms with Crippen molar-refractivity contribution in [2.75, 3.05) is 0 Å². The molecular formula is C6H11FO5. The molecule has 0 aromatic carbocycles. The maximum atomic E-state index is 11.9. The van der Waals surface area contributed by atoms with E-state index < -0.39 is 31.1 Å². The van der Waals surface area contributed by atoms with Crippen LogP contribution in [0.2, 0.25) is 0 Å². The van der Waals surface area contributed by atoms with Crippen molar-refractivity contribution in [2.45, 2.75) is 31.1 Å². The predicted molar refractivity (Wildman–Crippen MR) is 35.8 cm³/mol. The molecule has 0 rings (SSSR count). The normalized spacial score (nSPS) is 21.1. The molecule has 5 nitrogen and oxygen atoms in total. The molecular weight excluding hydrogens is 171 g/mol. The van der Waals surface area contributed by atoms with Gasteiger partial charge >= 0.3 is 0 Å². The van der Waals surface area contributed by atoms with E-state index in [-0.39, 0.29) is 0 Å². The van der Waals surface area contributed by atoms with Crippen LogP contribution in [-0.2, 0) is 4.79 Å². The molecule has 4 atom stereocenters. The summed E-state index contributed by atoms with van der Waals surface area (Å²) in [5.74, 6) is 0. The van der Waals surface area contributed by atoms with Crippen molar-refractivity contribution in [3.8, 4) is 0 Å². The summed E-state index contributed by atoms with van der Waals surface area (Å²) >= 11 is 0. The molecule has 0 saturated carbocycles. The number of halogens is 1. The Balaban J connectivity index is 3.98. The van der Waals surface area contributed by atoms with Crippen molar-refractivity contribution in [2.24, 2.45) is 0 Å². The quantitative estimate of drug-likeness (QED) is 0.367. The summed E-state index contributed by atoms with van der Waals surface area (Å²) < 4.78 is 11.9. The van der Waals surface area contributed by atoms with Gasteiger partial charge in [-0.3, -0.25) is 0 Å². The van der Waals surface area contributed by atoms with Gasteiger partial charge in [-0.1, -0.05) is 0 Å². The highest BCUT2D eigenvalue weighted by Gasteiger charge is 2.29. The summed E-state index contributed by atoms with van der Waals surface area (Å²) in [6.07, 6.45) is -8.28. The van der Waals surface area contributed by atoms with Crippen LogP contribution in [0.3, 0.4) is 0 Å². The first-order valence-corrected chi connectivity index (χ1v) is 3.30. The van der Waals surface area contributed by atoms with Crippen LogP contribution >= 0.6 is 0 Å². The van der Waals surface area contributed by atoms with Crippen LogP contribution in [0.15, 0.2) is 0 Å². The van der Waals surface area contributed by atoms with Crippen LogP contribution in [0, 0.1) is 0 Å². The highest BCUT2D eigenvalue weighted by molar-refractivity contribution is 5.50. The maximum Gasteiger partial charge on any atom is 0.225 e. The smallest absolute Gasteiger partial charge is 0.225 e. The second-order valence-corrected chi connectivity index (χ2v) is 2.32. The molecule has 1 unspecified atom stereocenters. The van der Waals surface area contributed by atoms with Crippen molar-refractivity contribution >= 4 is 6.29 Å². The third-order valence-corrected chi connectivity index (χ3v) is 1.36. The Bertz CT molecular complexity index is 140. The molecule has 0 saturated heterocycles. The first kappa shape index (κ1) is 11.4. The Hall–Kier alpha value is -0.560. The summed E-state index contributed by atoms with van der Waals surface area (Å²) in [4.78, 5) is 9.80. The summed E-state index contributed by atoms with van der Waals surface area (Å²) in [6, 6.07) is 0. The molecule has 0 aliphatic heterocycles. The molecule has 72 valence electrons. The van der Waals surface area contributed by atoms with Gasteiger partial charge in [-0.05, 0) is 0 Å². The Morgan fingerprint density at radius 3 is 2.00 bits per heavy atom. The lowest BCUT2D eigenvalue weighted by Gasteiger charge is -2.21. The average Bonchev–Trinajstić information content (AvgIpc) is 2.02. The number of carbonyl (C=O) groups is 1. The van der Waals surface area contributed by atoms with E-state index in [1.807, 2.05) is 0 Å². The van der Waals surface area contributed by atoms with E-state index in [9.17, 15) is 9.18 Å². The number of aldehydes is 1. The zero-order valence-corrected chi connectivity index (χ0v) is 6.17. The fourth-order valence-corrected chi connectivity index (χ4v) is 0.628. The van der Waals surface area contributed by atoms with Gasteiger partial charge in [-0.2, -0.15) is 0 Å². The van der Waals surface area contributed by atoms with Gasteiger partial charge < -0.3 is 25.2 Å². The van der Waals surface area contributed by atoms with E-state index in [0.29, 0.717) is 6.29 Å². The number of hydrogen-bond acceptors (Lipinski definition) is 5. The van der Waals surface area contributed by atoms with Gasteiger partial charge in [0.15, 0.2) is 0 Å². The molecule has 4 N–H and O–H groups in total. The van der Waals surface area contributed by atoms with Crippen molar-refractivity contribution in [3.05, 3.63) is 0 Å². The molecule has 0 aliphatic carbocycles. The molecule has 0 amide bonds. The standard InChI is InChI=1S/C6H11FO5/c7-6(12)5(11)4(10)3(9)1-2-8/h2-6,9-12H,1H2/t3-,4+,5+,6?/m1/s1. The topological polar surface area (TPSA) is 98.0 Å². The fourth-order valence-electron chi connectivity index (χ4n) is 0.628. The van der Waals surface area contributed by atoms with E-state index >= 15 is 0 Å². The molecule has 0 aromatic heterocycles. The van der Waals surface area contributed by atoms with E-state index in [1.54, 1.807) is 0 Å². The molecule has 0 aliphatic rings. The largest absolute Gasteiger partial charge is 0.390 e. The van der Waals surface area contributed by atoms with E-state index in [2.05, 4.69) is 0 Å². The zero-order chi connectivity index (χ0) is 9.72. The lowest BCUT2D eigenvalue weighted by atomic mass is 10.1. The number of hydrogen-bond donors (Lipinski definition) is 4. The lowest BCUT2D eigenvalue weighted by molar-refractivity contribution is -0.146. The fraction of sp³-hybridized carbons (Fsp3) is 0.833. The van der Waals surface area contributed by atoms with Gasteiger partial charge in [-0.25, -0.2) is 4.39 Å². The van der Waals surface area contributed by atoms with Gasteiger partial charge in [0, 0.05) is 6.42 Å². The van der Waals surface area contributed by atoms with E-state index in [0.717, 1.165) is 0 Å². The molecule has 0 aromatic rings. The van der Waals surface area contributed by atoms with Gasteiger partial charge in [0.25, 0.3) is 0 Å². The van der Waals surface area contributed by atoms with E-state index in [4.69, 9.17) is 20.4 Å². The van der Waals surface area contributed by atoms with Gasteiger partial charge in [0.1, 0.15) is 18.5 Å². The molecule has 0 bridgehead atoms. The highest BCUT2D eigenvalue weighted by Crippen LogP contribution is 2.07. The number of aliphatic hydroxyl groups is 4. The Kier molecular flexibility index (Phi) is 4.91. The SMILES string of the molecule is O=CC[C@@H](O)[C@H](O)[C@H](O)C(O)F. The van der Waals surface area contributed by atoms with Crippen LogP contribution in [0.1, 0.15) is 6.42 Å². The van der Waals surface area contributed by atoms with Crippen LogP contribution < -0.4 is 0 Å². The molecule has 0 fully saturated rings. The second-order valence-electron chi connectivity index (χ2n) is 2.32. The first-order valence-electron chi connectivity index (χ1n) is 3.30. The van der Waals surface area contributed by atoms with Crippen molar-refractivity contribution < 1.29 is 29.6 Å². The van der Waals surface area contributed by atoms with Crippen molar-refractivity contribution in [1.82, 2.24) is 0 Å². The summed E-state index contributed by atoms with van der Waals surface area (Å²) in [5.41, 5.74) is 0. The number of rotatable bonds is 5.